The van der Waals surface area contributed by atoms with Crippen LogP contribution in [0.2, 0.25) is 0 Å². The molecule has 3 aromatic heterocycles. The molecule has 148 valence electrons. The van der Waals surface area contributed by atoms with Gasteiger partial charge in [0.1, 0.15) is 17.2 Å². The van der Waals surface area contributed by atoms with Crippen LogP contribution in [0, 0.1) is 6.92 Å². The van der Waals surface area contributed by atoms with Crippen LogP contribution in [0.5, 0.6) is 0 Å². The second kappa shape index (κ2) is 6.80. The third-order valence-corrected chi connectivity index (χ3v) is 4.60. The first kappa shape index (κ1) is 18.3. The van der Waals surface area contributed by atoms with Crippen LogP contribution >= 0.6 is 0 Å². The van der Waals surface area contributed by atoms with E-state index in [0.29, 0.717) is 17.9 Å². The third-order valence-electron chi connectivity index (χ3n) is 4.60. The quantitative estimate of drug-likeness (QED) is 0.694. The fourth-order valence-corrected chi connectivity index (χ4v) is 3.24. The van der Waals surface area contributed by atoms with Crippen LogP contribution in [-0.2, 0) is 19.1 Å². The van der Waals surface area contributed by atoms with Gasteiger partial charge in [-0.25, -0.2) is 9.97 Å². The minimum atomic E-state index is -4.52. The number of imidazole rings is 1. The maximum Gasteiger partial charge on any atom is 0.421 e. The number of aromatic nitrogens is 6. The van der Waals surface area contributed by atoms with Gasteiger partial charge >= 0.3 is 6.18 Å². The molecule has 4 heterocycles. The monoisotopic (exact) mass is 392 g/mol. The molecule has 4 rings (SSSR count). The number of halogens is 3. The number of hydrogen-bond donors (Lipinski definition) is 2. The van der Waals surface area contributed by atoms with E-state index < -0.39 is 11.7 Å². The summed E-state index contributed by atoms with van der Waals surface area (Å²) in [5.74, 6) is 0.832. The largest absolute Gasteiger partial charge is 0.421 e. The second-order valence-electron chi connectivity index (χ2n) is 6.57. The van der Waals surface area contributed by atoms with E-state index in [4.69, 9.17) is 0 Å². The number of alkyl halides is 3. The molecule has 8 nitrogen and oxygen atoms in total. The molecule has 0 fully saturated rings. The molecule has 1 unspecified atom stereocenters. The molecule has 1 aliphatic heterocycles. The smallest absolute Gasteiger partial charge is 0.370 e. The number of anilines is 3. The Morgan fingerprint density at radius 2 is 2.11 bits per heavy atom. The molecule has 1 atom stereocenters. The lowest BCUT2D eigenvalue weighted by atomic mass is 10.2. The van der Waals surface area contributed by atoms with Crippen molar-refractivity contribution < 1.29 is 13.2 Å². The Morgan fingerprint density at radius 1 is 1.29 bits per heavy atom. The molecule has 1 aliphatic rings. The molecular formula is C17H19F3N8. The van der Waals surface area contributed by atoms with Gasteiger partial charge in [0.15, 0.2) is 0 Å². The minimum Gasteiger partial charge on any atom is -0.370 e. The van der Waals surface area contributed by atoms with Gasteiger partial charge < -0.3 is 15.2 Å². The molecule has 0 bridgehead atoms. The van der Waals surface area contributed by atoms with E-state index in [-0.39, 0.29) is 17.8 Å². The van der Waals surface area contributed by atoms with Crippen molar-refractivity contribution in [2.24, 2.45) is 0 Å². The molecule has 0 aromatic carbocycles. The molecule has 0 aliphatic carbocycles. The molecule has 0 saturated carbocycles. The Kier molecular flexibility index (Phi) is 4.44. The van der Waals surface area contributed by atoms with Gasteiger partial charge in [0.05, 0.1) is 17.4 Å². The second-order valence-corrected chi connectivity index (χ2v) is 6.57. The lowest BCUT2D eigenvalue weighted by Gasteiger charge is -2.13. The van der Waals surface area contributed by atoms with Crippen molar-refractivity contribution in [2.45, 2.75) is 39.0 Å². The summed E-state index contributed by atoms with van der Waals surface area (Å²) >= 11 is 0. The predicted molar refractivity (Wildman–Crippen MR) is 96.4 cm³/mol. The summed E-state index contributed by atoms with van der Waals surface area (Å²) < 4.78 is 43.2. The molecule has 11 heteroatoms. The average Bonchev–Trinajstić information content (AvgIpc) is 3.29. The molecule has 0 saturated heterocycles. The lowest BCUT2D eigenvalue weighted by molar-refractivity contribution is -0.137. The SMILES string of the molecule is CCNc1nc(Nc2cn(C3Cc4nccn4C3)nc2C)ncc1C(F)(F)F. The van der Waals surface area contributed by atoms with E-state index in [1.54, 1.807) is 13.1 Å². The molecule has 0 radical (unpaired) electrons. The van der Waals surface area contributed by atoms with Gasteiger partial charge in [-0.15, -0.1) is 0 Å². The van der Waals surface area contributed by atoms with Gasteiger partial charge in [-0.2, -0.15) is 23.3 Å². The molecule has 2 N–H and O–H groups in total. The number of hydrogen-bond acceptors (Lipinski definition) is 6. The van der Waals surface area contributed by atoms with E-state index in [2.05, 4.69) is 35.3 Å². The minimum absolute atomic E-state index is 0.0750. The molecule has 0 amide bonds. The zero-order valence-corrected chi connectivity index (χ0v) is 15.3. The number of rotatable bonds is 5. The zero-order chi connectivity index (χ0) is 19.9. The molecule has 0 spiro atoms. The number of nitrogens with zero attached hydrogens (tertiary/aromatic N) is 6. The third kappa shape index (κ3) is 3.39. The highest BCUT2D eigenvalue weighted by Gasteiger charge is 2.35. The first-order valence-corrected chi connectivity index (χ1v) is 8.86. The standard InChI is InChI=1S/C17H19F3N8/c1-3-21-15-12(17(18,19)20)7-23-16(25-15)24-13-9-28(26-10(13)2)11-6-14-22-4-5-27(14)8-11/h4-5,7,9,11H,3,6,8H2,1-2H3,(H2,21,23,24,25). The van der Waals surface area contributed by atoms with Gasteiger partial charge in [0.25, 0.3) is 0 Å². The highest BCUT2D eigenvalue weighted by molar-refractivity contribution is 5.58. The van der Waals surface area contributed by atoms with Gasteiger partial charge in [-0.05, 0) is 13.8 Å². The van der Waals surface area contributed by atoms with Crippen molar-refractivity contribution >= 4 is 17.5 Å². The number of nitrogens with one attached hydrogen (secondary N) is 2. The van der Waals surface area contributed by atoms with Gasteiger partial charge in [0, 0.05) is 44.3 Å². The van der Waals surface area contributed by atoms with Gasteiger partial charge in [-0.1, -0.05) is 0 Å². The highest BCUT2D eigenvalue weighted by atomic mass is 19.4. The fraction of sp³-hybridized carbons (Fsp3) is 0.412. The summed E-state index contributed by atoms with van der Waals surface area (Å²) in [5.41, 5.74) is 0.456. The average molecular weight is 392 g/mol. The number of aryl methyl sites for hydroxylation is 1. The van der Waals surface area contributed by atoms with E-state index in [9.17, 15) is 13.2 Å². The Morgan fingerprint density at radius 3 is 2.82 bits per heavy atom. The van der Waals surface area contributed by atoms with Gasteiger partial charge in [0.2, 0.25) is 5.95 Å². The maximum atomic E-state index is 13.1. The Balaban J connectivity index is 1.55. The normalized spacial score (nSPS) is 16.2. The number of fused-ring (bicyclic) bond motifs is 1. The molecule has 3 aromatic rings. The summed E-state index contributed by atoms with van der Waals surface area (Å²) in [6.45, 7) is 4.61. The Hall–Kier alpha value is -3.11. The first-order chi connectivity index (χ1) is 13.3. The zero-order valence-electron chi connectivity index (χ0n) is 15.3. The van der Waals surface area contributed by atoms with E-state index in [1.807, 2.05) is 24.0 Å². The first-order valence-electron chi connectivity index (χ1n) is 8.86. The highest BCUT2D eigenvalue weighted by Crippen LogP contribution is 2.34. The molecule has 28 heavy (non-hydrogen) atoms. The van der Waals surface area contributed by atoms with Crippen molar-refractivity contribution in [3.8, 4) is 0 Å². The van der Waals surface area contributed by atoms with Crippen molar-refractivity contribution in [3.63, 3.8) is 0 Å². The fourth-order valence-electron chi connectivity index (χ4n) is 3.24. The van der Waals surface area contributed by atoms with E-state index in [1.165, 1.54) is 0 Å². The summed E-state index contributed by atoms with van der Waals surface area (Å²) in [6, 6.07) is 0.142. The predicted octanol–water partition coefficient (Wildman–Crippen LogP) is 3.17. The topological polar surface area (TPSA) is 85.5 Å². The van der Waals surface area contributed by atoms with E-state index in [0.717, 1.165) is 25.0 Å². The van der Waals surface area contributed by atoms with Crippen LogP contribution in [0.25, 0.3) is 0 Å². The Labute approximate surface area is 158 Å². The Bertz CT molecular complexity index is 970. The lowest BCUT2D eigenvalue weighted by Crippen LogP contribution is -2.14. The molecular weight excluding hydrogens is 373 g/mol. The van der Waals surface area contributed by atoms with Crippen LogP contribution in [-0.4, -0.2) is 35.8 Å². The van der Waals surface area contributed by atoms with Crippen LogP contribution in [0.15, 0.2) is 24.8 Å². The summed E-state index contributed by atoms with van der Waals surface area (Å²) in [5, 5.41) is 10.1. The van der Waals surface area contributed by atoms with Crippen molar-refractivity contribution in [2.75, 3.05) is 17.2 Å². The van der Waals surface area contributed by atoms with Crippen LogP contribution in [0.1, 0.15) is 30.0 Å². The summed E-state index contributed by atoms with van der Waals surface area (Å²) in [6.07, 6.45) is 2.56. The van der Waals surface area contributed by atoms with Crippen LogP contribution in [0.4, 0.5) is 30.6 Å². The summed E-state index contributed by atoms with van der Waals surface area (Å²) in [4.78, 5) is 12.1. The van der Waals surface area contributed by atoms with Crippen molar-refractivity contribution in [1.29, 1.82) is 0 Å². The van der Waals surface area contributed by atoms with Gasteiger partial charge in [-0.3, -0.25) is 4.68 Å². The van der Waals surface area contributed by atoms with Crippen molar-refractivity contribution in [3.05, 3.63) is 41.9 Å². The van der Waals surface area contributed by atoms with Crippen LogP contribution < -0.4 is 10.6 Å². The summed E-state index contributed by atoms with van der Waals surface area (Å²) in [7, 11) is 0. The van der Waals surface area contributed by atoms with Crippen molar-refractivity contribution in [1.82, 2.24) is 29.3 Å². The van der Waals surface area contributed by atoms with Crippen LogP contribution in [0.3, 0.4) is 0 Å². The van der Waals surface area contributed by atoms with E-state index >= 15 is 0 Å². The maximum absolute atomic E-state index is 13.1.